The van der Waals surface area contributed by atoms with Gasteiger partial charge in [0.05, 0.1) is 6.10 Å². The lowest BCUT2D eigenvalue weighted by Crippen LogP contribution is -2.38. The highest BCUT2D eigenvalue weighted by atomic mass is 16.6. The summed E-state index contributed by atoms with van der Waals surface area (Å²) in [5, 5.41) is 0. The minimum Gasteiger partial charge on any atom is -0.454 e. The third-order valence-electron chi connectivity index (χ3n) is 5.09. The maximum atomic E-state index is 12.4. The molecule has 5 nitrogen and oxygen atoms in total. The van der Waals surface area contributed by atoms with E-state index in [1.54, 1.807) is 4.90 Å². The molecule has 1 aromatic carbocycles. The first kappa shape index (κ1) is 17.9. The number of benzene rings is 1. The van der Waals surface area contributed by atoms with Crippen LogP contribution in [0.25, 0.3) is 0 Å². The Morgan fingerprint density at radius 1 is 1.16 bits per heavy atom. The van der Waals surface area contributed by atoms with Gasteiger partial charge >= 0.3 is 5.97 Å². The van der Waals surface area contributed by atoms with Crippen LogP contribution >= 0.6 is 0 Å². The van der Waals surface area contributed by atoms with Gasteiger partial charge in [-0.25, -0.2) is 4.79 Å². The van der Waals surface area contributed by atoms with E-state index in [4.69, 9.17) is 9.47 Å². The molecular weight excluding hydrogens is 318 g/mol. The summed E-state index contributed by atoms with van der Waals surface area (Å²) in [5.74, 6) is 0.0131. The number of rotatable bonds is 5. The summed E-state index contributed by atoms with van der Waals surface area (Å²) in [5.41, 5.74) is 2.10. The van der Waals surface area contributed by atoms with E-state index in [0.717, 1.165) is 37.8 Å². The third kappa shape index (κ3) is 4.82. The molecule has 0 saturated heterocycles. The highest BCUT2D eigenvalue weighted by Gasteiger charge is 2.24. The van der Waals surface area contributed by atoms with E-state index < -0.39 is 5.97 Å². The Balaban J connectivity index is 1.44. The molecule has 3 rings (SSSR count). The average molecular weight is 345 g/mol. The number of carbonyl (C=O) groups excluding carboxylic acids is 2. The van der Waals surface area contributed by atoms with E-state index in [9.17, 15) is 9.59 Å². The fourth-order valence-electron chi connectivity index (χ4n) is 3.77. The maximum Gasteiger partial charge on any atom is 0.332 e. The van der Waals surface area contributed by atoms with Gasteiger partial charge in [-0.05, 0) is 43.2 Å². The van der Waals surface area contributed by atoms with Gasteiger partial charge in [-0.1, -0.05) is 38.0 Å². The van der Waals surface area contributed by atoms with Gasteiger partial charge in [0.25, 0.3) is 5.91 Å². The van der Waals surface area contributed by atoms with Gasteiger partial charge in [0.1, 0.15) is 6.61 Å². The van der Waals surface area contributed by atoms with E-state index in [2.05, 4.69) is 6.92 Å². The predicted molar refractivity (Wildman–Crippen MR) is 95.4 cm³/mol. The fraction of sp³-hybridized carbons (Fsp3) is 0.600. The molecule has 5 heteroatoms. The molecule has 0 spiro atoms. The molecule has 1 aliphatic heterocycles. The molecule has 0 aromatic heterocycles. The third-order valence-corrected chi connectivity index (χ3v) is 5.09. The van der Waals surface area contributed by atoms with E-state index in [1.165, 1.54) is 12.0 Å². The molecule has 1 heterocycles. The van der Waals surface area contributed by atoms with E-state index in [0.29, 0.717) is 12.5 Å². The summed E-state index contributed by atoms with van der Waals surface area (Å²) in [6.07, 6.45) is 6.43. The van der Waals surface area contributed by atoms with Crippen molar-refractivity contribution in [2.45, 2.75) is 51.6 Å². The number of anilines is 1. The number of ether oxygens (including phenoxy) is 2. The van der Waals surface area contributed by atoms with Gasteiger partial charge in [0, 0.05) is 12.2 Å². The van der Waals surface area contributed by atoms with Crippen LogP contribution in [0.3, 0.4) is 0 Å². The van der Waals surface area contributed by atoms with Crippen molar-refractivity contribution < 1.29 is 19.1 Å². The molecule has 0 bridgehead atoms. The topological polar surface area (TPSA) is 55.8 Å². The molecular formula is C20H27NO4. The van der Waals surface area contributed by atoms with Crippen LogP contribution in [-0.2, 0) is 25.5 Å². The maximum absolute atomic E-state index is 12.4. The minimum absolute atomic E-state index is 0.0682. The zero-order valence-electron chi connectivity index (χ0n) is 14.9. The van der Waals surface area contributed by atoms with Gasteiger partial charge in [-0.3, -0.25) is 4.79 Å². The van der Waals surface area contributed by atoms with Gasteiger partial charge in [0.2, 0.25) is 0 Å². The molecule has 1 aliphatic carbocycles. The number of para-hydroxylation sites is 1. The smallest absolute Gasteiger partial charge is 0.332 e. The van der Waals surface area contributed by atoms with Crippen LogP contribution in [0, 0.1) is 5.92 Å². The van der Waals surface area contributed by atoms with Crippen LogP contribution in [0.1, 0.15) is 44.6 Å². The number of amides is 1. The van der Waals surface area contributed by atoms with Crippen LogP contribution in [0.5, 0.6) is 0 Å². The Bertz CT molecular complexity index is 615. The van der Waals surface area contributed by atoms with Crippen LogP contribution in [0.4, 0.5) is 5.69 Å². The number of carbonyl (C=O) groups is 2. The zero-order chi connectivity index (χ0) is 17.6. The largest absolute Gasteiger partial charge is 0.454 e. The van der Waals surface area contributed by atoms with Gasteiger partial charge in [-0.2, -0.15) is 0 Å². The summed E-state index contributed by atoms with van der Waals surface area (Å²) >= 11 is 0. The van der Waals surface area contributed by atoms with E-state index >= 15 is 0 Å². The molecule has 0 radical (unpaired) electrons. The zero-order valence-corrected chi connectivity index (χ0v) is 14.9. The van der Waals surface area contributed by atoms with Gasteiger partial charge < -0.3 is 14.4 Å². The lowest BCUT2D eigenvalue weighted by molar-refractivity contribution is -0.155. The Kier molecular flexibility index (Phi) is 6.08. The summed E-state index contributed by atoms with van der Waals surface area (Å²) in [6.45, 7) is 2.59. The molecule has 2 atom stereocenters. The quantitative estimate of drug-likeness (QED) is 0.770. The molecule has 0 N–H and O–H groups in total. The van der Waals surface area contributed by atoms with Crippen molar-refractivity contribution in [3.05, 3.63) is 29.8 Å². The minimum atomic E-state index is -0.461. The molecule has 1 saturated carbocycles. The second kappa shape index (κ2) is 8.48. The molecule has 25 heavy (non-hydrogen) atoms. The number of hydrogen-bond donors (Lipinski definition) is 0. The molecule has 1 aromatic rings. The first-order chi connectivity index (χ1) is 12.1. The summed E-state index contributed by atoms with van der Waals surface area (Å²) in [4.78, 5) is 26.0. The van der Waals surface area contributed by atoms with Crippen molar-refractivity contribution in [1.82, 2.24) is 0 Å². The number of fused-ring (bicyclic) bond motifs is 1. The second-order valence-electron chi connectivity index (χ2n) is 7.14. The number of esters is 1. The molecule has 2 aliphatic rings. The lowest BCUT2D eigenvalue weighted by Gasteiger charge is -2.29. The molecule has 2 unspecified atom stereocenters. The van der Waals surface area contributed by atoms with Crippen molar-refractivity contribution in [2.75, 3.05) is 24.7 Å². The van der Waals surface area contributed by atoms with Crippen LogP contribution in [0.2, 0.25) is 0 Å². The van der Waals surface area contributed by atoms with E-state index in [-0.39, 0.29) is 25.2 Å². The summed E-state index contributed by atoms with van der Waals surface area (Å²) < 4.78 is 10.8. The summed E-state index contributed by atoms with van der Waals surface area (Å²) in [7, 11) is 0. The van der Waals surface area contributed by atoms with Crippen molar-refractivity contribution in [3.63, 3.8) is 0 Å². The monoisotopic (exact) mass is 345 g/mol. The van der Waals surface area contributed by atoms with Crippen molar-refractivity contribution in [3.8, 4) is 0 Å². The van der Waals surface area contributed by atoms with E-state index in [1.807, 2.05) is 24.3 Å². The molecule has 1 amide bonds. The van der Waals surface area contributed by atoms with Crippen LogP contribution < -0.4 is 4.90 Å². The standard InChI is InChI=1S/C20H27NO4/c1-15-6-4-9-17(12-15)24-14-20(23)25-13-19(22)21-11-5-8-16-7-2-3-10-18(16)21/h2-3,7,10,15,17H,4-6,8-9,11-14H2,1H3. The SMILES string of the molecule is CC1CCCC(OCC(=O)OCC(=O)N2CCCc3ccccc32)C1. The number of hydrogen-bond acceptors (Lipinski definition) is 4. The highest BCUT2D eigenvalue weighted by Crippen LogP contribution is 2.27. The molecule has 136 valence electrons. The Morgan fingerprint density at radius 2 is 2.00 bits per heavy atom. The Labute approximate surface area is 149 Å². The second-order valence-corrected chi connectivity index (χ2v) is 7.14. The highest BCUT2D eigenvalue weighted by molar-refractivity contribution is 5.96. The number of aryl methyl sites for hydroxylation is 1. The number of nitrogens with zero attached hydrogens (tertiary/aromatic N) is 1. The lowest BCUT2D eigenvalue weighted by atomic mass is 9.89. The van der Waals surface area contributed by atoms with Crippen LogP contribution in [0.15, 0.2) is 24.3 Å². The predicted octanol–water partition coefficient (Wildman–Crippen LogP) is 3.10. The van der Waals surface area contributed by atoms with Gasteiger partial charge in [-0.15, -0.1) is 0 Å². The normalized spacial score (nSPS) is 23.0. The average Bonchev–Trinajstić information content (AvgIpc) is 2.64. The molecule has 1 fully saturated rings. The van der Waals surface area contributed by atoms with Crippen molar-refractivity contribution in [1.29, 1.82) is 0 Å². The van der Waals surface area contributed by atoms with Crippen molar-refractivity contribution >= 4 is 17.6 Å². The summed E-state index contributed by atoms with van der Waals surface area (Å²) in [6, 6.07) is 7.90. The Morgan fingerprint density at radius 3 is 2.84 bits per heavy atom. The fourth-order valence-corrected chi connectivity index (χ4v) is 3.77. The Hall–Kier alpha value is -1.88. The first-order valence-corrected chi connectivity index (χ1v) is 9.29. The first-order valence-electron chi connectivity index (χ1n) is 9.29. The van der Waals surface area contributed by atoms with Crippen LogP contribution in [-0.4, -0.2) is 37.7 Å². The van der Waals surface area contributed by atoms with Gasteiger partial charge in [0.15, 0.2) is 6.61 Å². The van der Waals surface area contributed by atoms with Crippen molar-refractivity contribution in [2.24, 2.45) is 5.92 Å².